The number of aliphatic hydroxyl groups excluding tert-OH is 1. The summed E-state index contributed by atoms with van der Waals surface area (Å²) in [5.41, 5.74) is 2.07. The van der Waals surface area contributed by atoms with Crippen LogP contribution in [0.15, 0.2) is 18.2 Å². The van der Waals surface area contributed by atoms with Crippen molar-refractivity contribution < 1.29 is 9.84 Å². The standard InChI is InChI=1S/C11H14ClNO2/c1-7-2-3-8(12)4-9(7)13-10-5-15-6-11(10)14/h2-4,10-11,13-14H,5-6H2,1H3. The Kier molecular flexibility index (Phi) is 3.14. The van der Waals surface area contributed by atoms with E-state index in [4.69, 9.17) is 16.3 Å². The smallest absolute Gasteiger partial charge is 0.0996 e. The van der Waals surface area contributed by atoms with Gasteiger partial charge < -0.3 is 15.2 Å². The van der Waals surface area contributed by atoms with E-state index in [-0.39, 0.29) is 6.04 Å². The second-order valence-corrected chi connectivity index (χ2v) is 4.25. The number of benzene rings is 1. The van der Waals surface area contributed by atoms with Crippen LogP contribution in [0.5, 0.6) is 0 Å². The van der Waals surface area contributed by atoms with Crippen LogP contribution in [0.3, 0.4) is 0 Å². The number of nitrogens with one attached hydrogen (secondary N) is 1. The highest BCUT2D eigenvalue weighted by Crippen LogP contribution is 2.22. The number of ether oxygens (including phenoxy) is 1. The van der Waals surface area contributed by atoms with Crippen molar-refractivity contribution in [2.24, 2.45) is 0 Å². The first-order valence-corrected chi connectivity index (χ1v) is 5.33. The number of anilines is 1. The SMILES string of the molecule is Cc1ccc(Cl)cc1NC1COCC1O. The first kappa shape index (κ1) is 10.7. The summed E-state index contributed by atoms with van der Waals surface area (Å²) in [5, 5.41) is 13.5. The molecule has 2 rings (SSSR count). The molecule has 0 radical (unpaired) electrons. The van der Waals surface area contributed by atoms with Gasteiger partial charge in [0.05, 0.1) is 25.4 Å². The molecule has 3 nitrogen and oxygen atoms in total. The molecule has 0 saturated carbocycles. The number of hydrogen-bond donors (Lipinski definition) is 2. The van der Waals surface area contributed by atoms with E-state index in [1.807, 2.05) is 25.1 Å². The summed E-state index contributed by atoms with van der Waals surface area (Å²) in [6.07, 6.45) is -0.441. The van der Waals surface area contributed by atoms with Crippen molar-refractivity contribution in [3.8, 4) is 0 Å². The molecule has 0 amide bonds. The maximum Gasteiger partial charge on any atom is 0.0996 e. The maximum absolute atomic E-state index is 9.59. The highest BCUT2D eigenvalue weighted by Gasteiger charge is 2.26. The third kappa shape index (κ3) is 2.43. The zero-order chi connectivity index (χ0) is 10.8. The molecule has 1 heterocycles. The number of halogens is 1. The van der Waals surface area contributed by atoms with Crippen molar-refractivity contribution in [2.75, 3.05) is 18.5 Å². The molecule has 1 aromatic carbocycles. The Hall–Kier alpha value is -0.770. The van der Waals surface area contributed by atoms with Gasteiger partial charge in [-0.15, -0.1) is 0 Å². The predicted octanol–water partition coefficient (Wildman–Crippen LogP) is 1.82. The third-order valence-corrected chi connectivity index (χ3v) is 2.83. The molecule has 0 bridgehead atoms. The second-order valence-electron chi connectivity index (χ2n) is 3.81. The summed E-state index contributed by atoms with van der Waals surface area (Å²) in [4.78, 5) is 0. The molecular weight excluding hydrogens is 214 g/mol. The Morgan fingerprint density at radius 1 is 1.47 bits per heavy atom. The van der Waals surface area contributed by atoms with Gasteiger partial charge in [0, 0.05) is 10.7 Å². The van der Waals surface area contributed by atoms with Gasteiger partial charge in [0.25, 0.3) is 0 Å². The predicted molar refractivity (Wildman–Crippen MR) is 60.4 cm³/mol. The number of aliphatic hydroxyl groups is 1. The van der Waals surface area contributed by atoms with Crippen LogP contribution in [-0.2, 0) is 4.74 Å². The first-order chi connectivity index (χ1) is 7.16. The molecule has 1 aromatic rings. The van der Waals surface area contributed by atoms with Crippen molar-refractivity contribution in [3.05, 3.63) is 28.8 Å². The van der Waals surface area contributed by atoms with E-state index in [9.17, 15) is 5.11 Å². The van der Waals surface area contributed by atoms with E-state index in [1.165, 1.54) is 0 Å². The Labute approximate surface area is 94.0 Å². The van der Waals surface area contributed by atoms with Gasteiger partial charge >= 0.3 is 0 Å². The van der Waals surface area contributed by atoms with E-state index in [2.05, 4.69) is 5.32 Å². The van der Waals surface area contributed by atoms with Crippen LogP contribution in [-0.4, -0.2) is 30.5 Å². The molecule has 0 aromatic heterocycles. The highest BCUT2D eigenvalue weighted by atomic mass is 35.5. The molecule has 1 saturated heterocycles. The lowest BCUT2D eigenvalue weighted by molar-refractivity contribution is 0.125. The van der Waals surface area contributed by atoms with Gasteiger partial charge in [-0.3, -0.25) is 0 Å². The zero-order valence-corrected chi connectivity index (χ0v) is 9.29. The van der Waals surface area contributed by atoms with E-state index in [1.54, 1.807) is 0 Å². The van der Waals surface area contributed by atoms with Crippen molar-refractivity contribution in [3.63, 3.8) is 0 Å². The molecule has 1 aliphatic rings. The minimum atomic E-state index is -0.441. The molecule has 4 heteroatoms. The van der Waals surface area contributed by atoms with Gasteiger partial charge in [0.2, 0.25) is 0 Å². The summed E-state index contributed by atoms with van der Waals surface area (Å²) in [7, 11) is 0. The number of aryl methyl sites for hydroxylation is 1. The minimum absolute atomic E-state index is 0.0397. The molecule has 2 atom stereocenters. The zero-order valence-electron chi connectivity index (χ0n) is 8.53. The van der Waals surface area contributed by atoms with Gasteiger partial charge in [-0.2, -0.15) is 0 Å². The summed E-state index contributed by atoms with van der Waals surface area (Å²) < 4.78 is 5.17. The van der Waals surface area contributed by atoms with Gasteiger partial charge in [-0.25, -0.2) is 0 Å². The fourth-order valence-electron chi connectivity index (χ4n) is 1.63. The lowest BCUT2D eigenvalue weighted by Gasteiger charge is -2.17. The molecule has 2 N–H and O–H groups in total. The van der Waals surface area contributed by atoms with Gasteiger partial charge in [-0.05, 0) is 24.6 Å². The van der Waals surface area contributed by atoms with Crippen molar-refractivity contribution in [1.29, 1.82) is 0 Å². The second kappa shape index (κ2) is 4.39. The first-order valence-electron chi connectivity index (χ1n) is 4.95. The molecule has 0 aliphatic carbocycles. The van der Waals surface area contributed by atoms with E-state index in [0.29, 0.717) is 18.2 Å². The molecular formula is C11H14ClNO2. The van der Waals surface area contributed by atoms with Crippen LogP contribution in [0.25, 0.3) is 0 Å². The van der Waals surface area contributed by atoms with Crippen LogP contribution in [0.1, 0.15) is 5.56 Å². The highest BCUT2D eigenvalue weighted by molar-refractivity contribution is 6.30. The fraction of sp³-hybridized carbons (Fsp3) is 0.455. The quantitative estimate of drug-likeness (QED) is 0.810. The molecule has 1 fully saturated rings. The van der Waals surface area contributed by atoms with Crippen LogP contribution >= 0.6 is 11.6 Å². The topological polar surface area (TPSA) is 41.5 Å². The van der Waals surface area contributed by atoms with E-state index < -0.39 is 6.10 Å². The fourth-order valence-corrected chi connectivity index (χ4v) is 1.80. The van der Waals surface area contributed by atoms with Crippen LogP contribution < -0.4 is 5.32 Å². The van der Waals surface area contributed by atoms with Crippen molar-refractivity contribution in [2.45, 2.75) is 19.1 Å². The van der Waals surface area contributed by atoms with Crippen molar-refractivity contribution in [1.82, 2.24) is 0 Å². The molecule has 0 spiro atoms. The maximum atomic E-state index is 9.59. The largest absolute Gasteiger partial charge is 0.388 e. The Morgan fingerprint density at radius 3 is 2.93 bits per heavy atom. The Bertz CT molecular complexity index is 356. The number of hydrogen-bond acceptors (Lipinski definition) is 3. The lowest BCUT2D eigenvalue weighted by Crippen LogP contribution is -2.32. The van der Waals surface area contributed by atoms with Gasteiger partial charge in [0.1, 0.15) is 0 Å². The molecule has 1 aliphatic heterocycles. The van der Waals surface area contributed by atoms with Crippen LogP contribution in [0.2, 0.25) is 5.02 Å². The Morgan fingerprint density at radius 2 is 2.27 bits per heavy atom. The monoisotopic (exact) mass is 227 g/mol. The summed E-state index contributed by atoms with van der Waals surface area (Å²) in [6, 6.07) is 5.63. The minimum Gasteiger partial charge on any atom is -0.388 e. The Balaban J connectivity index is 2.12. The average Bonchev–Trinajstić information content (AvgIpc) is 2.58. The molecule has 2 unspecified atom stereocenters. The number of rotatable bonds is 2. The van der Waals surface area contributed by atoms with Gasteiger partial charge in [0.15, 0.2) is 0 Å². The summed E-state index contributed by atoms with van der Waals surface area (Å²) in [6.45, 7) is 2.94. The van der Waals surface area contributed by atoms with E-state index >= 15 is 0 Å². The normalized spacial score (nSPS) is 25.5. The lowest BCUT2D eigenvalue weighted by atomic mass is 10.1. The molecule has 15 heavy (non-hydrogen) atoms. The van der Waals surface area contributed by atoms with Crippen molar-refractivity contribution >= 4 is 17.3 Å². The third-order valence-electron chi connectivity index (χ3n) is 2.59. The summed E-state index contributed by atoms with van der Waals surface area (Å²) >= 11 is 5.90. The van der Waals surface area contributed by atoms with Crippen LogP contribution in [0, 0.1) is 6.92 Å². The summed E-state index contributed by atoms with van der Waals surface area (Å²) in [5.74, 6) is 0. The van der Waals surface area contributed by atoms with E-state index in [0.717, 1.165) is 11.3 Å². The van der Waals surface area contributed by atoms with Gasteiger partial charge in [-0.1, -0.05) is 17.7 Å². The van der Waals surface area contributed by atoms with Crippen LogP contribution in [0.4, 0.5) is 5.69 Å². The molecule has 82 valence electrons. The average molecular weight is 228 g/mol.